The van der Waals surface area contributed by atoms with E-state index in [1.807, 2.05) is 6.07 Å². The molecule has 0 radical (unpaired) electrons. The Labute approximate surface area is 314 Å². The highest BCUT2D eigenvalue weighted by molar-refractivity contribution is 5.99. The fourth-order valence-electron chi connectivity index (χ4n) is 7.69. The summed E-state index contributed by atoms with van der Waals surface area (Å²) in [4.78, 5) is 7.30. The van der Waals surface area contributed by atoms with Crippen LogP contribution in [0.4, 0.5) is 17.1 Å². The van der Waals surface area contributed by atoms with Crippen LogP contribution in [-0.2, 0) is 0 Å². The van der Waals surface area contributed by atoms with Gasteiger partial charge in [0.15, 0.2) is 5.58 Å². The molecule has 10 rings (SSSR count). The lowest BCUT2D eigenvalue weighted by Crippen LogP contribution is -2.10. The first-order chi connectivity index (χ1) is 26.8. The third-order valence-corrected chi connectivity index (χ3v) is 10.3. The molecule has 0 aliphatic carbocycles. The van der Waals surface area contributed by atoms with Crippen LogP contribution < -0.4 is 4.90 Å². The molecule has 9 aromatic carbocycles. The van der Waals surface area contributed by atoms with Gasteiger partial charge in [-0.25, -0.2) is 4.98 Å². The van der Waals surface area contributed by atoms with E-state index in [0.717, 1.165) is 55.6 Å². The van der Waals surface area contributed by atoms with Gasteiger partial charge < -0.3 is 9.32 Å². The molecule has 54 heavy (non-hydrogen) atoms. The molecule has 0 bridgehead atoms. The summed E-state index contributed by atoms with van der Waals surface area (Å²) in [5.41, 5.74) is 12.6. The van der Waals surface area contributed by atoms with Crippen molar-refractivity contribution in [3.05, 3.63) is 206 Å². The molecule has 1 aromatic heterocycles. The molecule has 0 unspecified atom stereocenters. The van der Waals surface area contributed by atoms with E-state index in [2.05, 4.69) is 205 Å². The molecule has 0 saturated heterocycles. The predicted octanol–water partition coefficient (Wildman–Crippen LogP) is 14.3. The minimum atomic E-state index is 0.626. The average Bonchev–Trinajstić information content (AvgIpc) is 3.69. The van der Waals surface area contributed by atoms with E-state index >= 15 is 0 Å². The van der Waals surface area contributed by atoms with Crippen LogP contribution in [0.2, 0.25) is 0 Å². The number of aromatic nitrogens is 1. The normalized spacial score (nSPS) is 11.3. The molecule has 0 spiro atoms. The van der Waals surface area contributed by atoms with Crippen LogP contribution in [0.15, 0.2) is 211 Å². The first kappa shape index (κ1) is 31.5. The van der Waals surface area contributed by atoms with E-state index in [1.165, 1.54) is 33.0 Å². The number of oxazole rings is 1. The number of hydrogen-bond acceptors (Lipinski definition) is 3. The van der Waals surface area contributed by atoms with Crippen LogP contribution >= 0.6 is 0 Å². The zero-order valence-corrected chi connectivity index (χ0v) is 29.4. The maximum absolute atomic E-state index is 6.58. The average molecular weight is 691 g/mol. The monoisotopic (exact) mass is 690 g/mol. The number of anilines is 3. The van der Waals surface area contributed by atoms with Gasteiger partial charge in [0.2, 0.25) is 5.89 Å². The molecule has 254 valence electrons. The van der Waals surface area contributed by atoms with Gasteiger partial charge in [0.05, 0.1) is 0 Å². The van der Waals surface area contributed by atoms with Crippen molar-refractivity contribution in [3.63, 3.8) is 0 Å². The zero-order valence-electron chi connectivity index (χ0n) is 29.4. The Bertz CT molecular complexity index is 2930. The summed E-state index contributed by atoms with van der Waals surface area (Å²) in [5.74, 6) is 0.626. The van der Waals surface area contributed by atoms with Crippen LogP contribution in [0.3, 0.4) is 0 Å². The molecular weight excluding hydrogens is 657 g/mol. The summed E-state index contributed by atoms with van der Waals surface area (Å²) in [6.45, 7) is 0. The molecule has 0 amide bonds. The number of fused-ring (bicyclic) bond motifs is 3. The van der Waals surface area contributed by atoms with E-state index < -0.39 is 0 Å². The number of benzene rings is 9. The summed E-state index contributed by atoms with van der Waals surface area (Å²) in [7, 11) is 0. The van der Waals surface area contributed by atoms with Crippen molar-refractivity contribution < 1.29 is 4.42 Å². The Morgan fingerprint density at radius 3 is 1.63 bits per heavy atom. The smallest absolute Gasteiger partial charge is 0.227 e. The lowest BCUT2D eigenvalue weighted by molar-refractivity contribution is 0.621. The summed E-state index contributed by atoms with van der Waals surface area (Å²) < 4.78 is 6.58. The third-order valence-electron chi connectivity index (χ3n) is 10.3. The second-order valence-corrected chi connectivity index (χ2v) is 13.6. The Balaban J connectivity index is 1.08. The van der Waals surface area contributed by atoms with Crippen molar-refractivity contribution >= 4 is 49.7 Å². The van der Waals surface area contributed by atoms with Gasteiger partial charge in [-0.15, -0.1) is 0 Å². The van der Waals surface area contributed by atoms with Crippen molar-refractivity contribution in [2.75, 3.05) is 4.90 Å². The highest BCUT2D eigenvalue weighted by atomic mass is 16.3. The topological polar surface area (TPSA) is 29.3 Å². The van der Waals surface area contributed by atoms with E-state index in [1.54, 1.807) is 0 Å². The molecule has 0 saturated carbocycles. The fraction of sp³-hybridized carbons (Fsp3) is 0. The van der Waals surface area contributed by atoms with Crippen molar-refractivity contribution in [3.8, 4) is 44.8 Å². The summed E-state index contributed by atoms with van der Waals surface area (Å²) in [6, 6.07) is 72.9. The number of hydrogen-bond donors (Lipinski definition) is 0. The van der Waals surface area contributed by atoms with Crippen LogP contribution in [0.5, 0.6) is 0 Å². The molecule has 0 aliphatic heterocycles. The Hall–Kier alpha value is -7.23. The van der Waals surface area contributed by atoms with Crippen molar-refractivity contribution in [1.29, 1.82) is 0 Å². The first-order valence-corrected chi connectivity index (χ1v) is 18.3. The maximum Gasteiger partial charge on any atom is 0.227 e. The van der Waals surface area contributed by atoms with Crippen LogP contribution in [0.25, 0.3) is 77.5 Å². The molecule has 3 nitrogen and oxygen atoms in total. The van der Waals surface area contributed by atoms with Crippen LogP contribution in [-0.4, -0.2) is 4.98 Å². The minimum absolute atomic E-state index is 0.626. The maximum atomic E-state index is 6.58. The van der Waals surface area contributed by atoms with Gasteiger partial charge in [0.1, 0.15) is 5.52 Å². The lowest BCUT2D eigenvalue weighted by atomic mass is 9.97. The van der Waals surface area contributed by atoms with Crippen molar-refractivity contribution in [2.24, 2.45) is 0 Å². The Morgan fingerprint density at radius 2 is 0.889 bits per heavy atom. The Kier molecular flexibility index (Phi) is 7.81. The van der Waals surface area contributed by atoms with Gasteiger partial charge in [0, 0.05) is 28.2 Å². The summed E-state index contributed by atoms with van der Waals surface area (Å²) >= 11 is 0. The van der Waals surface area contributed by atoms with Gasteiger partial charge >= 0.3 is 0 Å². The standard InChI is InChI=1S/C51H34N2O/c1-2-13-35(14-3-1)39-19-8-21-42(33-39)53(43-22-9-20-40(34-43)46-25-10-17-36-15-4-6-23-44(36)46)41-31-29-38(30-32-41)47-26-12-28-49-50(47)54-51(52-49)48-27-11-18-37-16-5-7-24-45(37)48/h1-34H. The van der Waals surface area contributed by atoms with Gasteiger partial charge in [-0.05, 0) is 97.9 Å². The molecule has 0 aliphatic rings. The lowest BCUT2D eigenvalue weighted by Gasteiger charge is -2.27. The molecule has 0 fully saturated rings. The second kappa shape index (κ2) is 13.4. The van der Waals surface area contributed by atoms with Crippen LogP contribution in [0, 0.1) is 0 Å². The van der Waals surface area contributed by atoms with E-state index in [0.29, 0.717) is 5.89 Å². The summed E-state index contributed by atoms with van der Waals surface area (Å²) in [6.07, 6.45) is 0. The highest BCUT2D eigenvalue weighted by Gasteiger charge is 2.18. The molecule has 1 heterocycles. The van der Waals surface area contributed by atoms with Gasteiger partial charge in [-0.1, -0.05) is 158 Å². The molecule has 10 aromatic rings. The first-order valence-electron chi connectivity index (χ1n) is 18.3. The number of para-hydroxylation sites is 1. The van der Waals surface area contributed by atoms with Gasteiger partial charge in [-0.2, -0.15) is 0 Å². The zero-order chi connectivity index (χ0) is 35.8. The minimum Gasteiger partial charge on any atom is -0.435 e. The molecule has 0 N–H and O–H groups in total. The number of nitrogens with zero attached hydrogens (tertiary/aromatic N) is 2. The quantitative estimate of drug-likeness (QED) is 0.167. The SMILES string of the molecule is c1ccc(-c2cccc(N(c3ccc(-c4cccc5nc(-c6cccc7ccccc67)oc45)cc3)c3cccc(-c4cccc5ccccc45)c3)c2)cc1. The van der Waals surface area contributed by atoms with Crippen molar-refractivity contribution in [1.82, 2.24) is 4.98 Å². The van der Waals surface area contributed by atoms with Gasteiger partial charge in [0.25, 0.3) is 0 Å². The van der Waals surface area contributed by atoms with Crippen molar-refractivity contribution in [2.45, 2.75) is 0 Å². The van der Waals surface area contributed by atoms with Gasteiger partial charge in [-0.3, -0.25) is 0 Å². The highest BCUT2D eigenvalue weighted by Crippen LogP contribution is 2.41. The largest absolute Gasteiger partial charge is 0.435 e. The molecular formula is C51H34N2O. The number of rotatable bonds is 7. The molecule has 3 heteroatoms. The molecule has 0 atom stereocenters. The van der Waals surface area contributed by atoms with E-state index in [4.69, 9.17) is 9.40 Å². The second-order valence-electron chi connectivity index (χ2n) is 13.6. The van der Waals surface area contributed by atoms with Crippen LogP contribution in [0.1, 0.15) is 0 Å². The summed E-state index contributed by atoms with van der Waals surface area (Å²) in [5, 5.41) is 4.76. The predicted molar refractivity (Wildman–Crippen MR) is 225 cm³/mol. The Morgan fingerprint density at radius 1 is 0.352 bits per heavy atom. The van der Waals surface area contributed by atoms with E-state index in [-0.39, 0.29) is 0 Å². The van der Waals surface area contributed by atoms with E-state index in [9.17, 15) is 0 Å². The fourth-order valence-corrected chi connectivity index (χ4v) is 7.69. The third kappa shape index (κ3) is 5.69.